The summed E-state index contributed by atoms with van der Waals surface area (Å²) in [4.78, 5) is 13.8. The van der Waals surface area contributed by atoms with Crippen LogP contribution in [0.15, 0.2) is 76.7 Å². The van der Waals surface area contributed by atoms with Crippen molar-refractivity contribution in [2.45, 2.75) is 4.90 Å². The number of hydrogen-bond donors (Lipinski definition) is 1. The molecular weight excluding hydrogens is 292 g/mol. The van der Waals surface area contributed by atoms with Crippen molar-refractivity contribution in [1.82, 2.24) is 0 Å². The number of benzene rings is 3. The first-order valence-electron chi connectivity index (χ1n) is 6.96. The number of hydrazone groups is 1. The maximum atomic E-state index is 12.8. The van der Waals surface area contributed by atoms with Gasteiger partial charge in [-0.2, -0.15) is 5.10 Å². The van der Waals surface area contributed by atoms with Gasteiger partial charge in [-0.1, -0.05) is 66.4 Å². The molecule has 3 aromatic rings. The number of nitrogens with zero attached hydrogens (tertiary/aromatic N) is 1. The number of Topliss-reactive ketones (excluding diaryl/α,β-unsaturated/α-hetero) is 1. The van der Waals surface area contributed by atoms with Crippen molar-refractivity contribution in [2.75, 3.05) is 5.43 Å². The molecular formula is C18H12N2OS. The highest BCUT2D eigenvalue weighted by Crippen LogP contribution is 2.33. The quantitative estimate of drug-likeness (QED) is 0.706. The van der Waals surface area contributed by atoms with Gasteiger partial charge in [0, 0.05) is 10.5 Å². The van der Waals surface area contributed by atoms with Crippen molar-refractivity contribution in [3.05, 3.63) is 72.3 Å². The fourth-order valence-electron chi connectivity index (χ4n) is 2.52. The van der Waals surface area contributed by atoms with Gasteiger partial charge in [-0.05, 0) is 22.9 Å². The van der Waals surface area contributed by atoms with Crippen LogP contribution in [-0.4, -0.2) is 10.8 Å². The molecule has 0 saturated heterocycles. The highest BCUT2D eigenvalue weighted by atomic mass is 32.2. The van der Waals surface area contributed by atoms with Crippen molar-refractivity contribution < 1.29 is 4.79 Å². The highest BCUT2D eigenvalue weighted by molar-refractivity contribution is 8.16. The van der Waals surface area contributed by atoms with Crippen LogP contribution in [0.25, 0.3) is 10.8 Å². The minimum Gasteiger partial charge on any atom is -0.286 e. The minimum atomic E-state index is -0.0520. The lowest BCUT2D eigenvalue weighted by Gasteiger charge is -2.15. The van der Waals surface area contributed by atoms with E-state index in [2.05, 4.69) is 10.5 Å². The highest BCUT2D eigenvalue weighted by Gasteiger charge is 2.22. The molecule has 0 fully saturated rings. The smallest absolute Gasteiger partial charge is 0.220 e. The van der Waals surface area contributed by atoms with Gasteiger partial charge in [-0.25, -0.2) is 0 Å². The van der Waals surface area contributed by atoms with Crippen LogP contribution in [0.2, 0.25) is 0 Å². The molecule has 3 nitrogen and oxygen atoms in total. The van der Waals surface area contributed by atoms with Gasteiger partial charge in [0.25, 0.3) is 0 Å². The molecule has 0 aliphatic carbocycles. The molecule has 0 spiro atoms. The van der Waals surface area contributed by atoms with Crippen molar-refractivity contribution in [2.24, 2.45) is 5.10 Å². The summed E-state index contributed by atoms with van der Waals surface area (Å²) >= 11 is 1.41. The largest absolute Gasteiger partial charge is 0.286 e. The van der Waals surface area contributed by atoms with Crippen LogP contribution < -0.4 is 5.43 Å². The van der Waals surface area contributed by atoms with E-state index in [9.17, 15) is 4.79 Å². The molecule has 106 valence electrons. The van der Waals surface area contributed by atoms with E-state index in [1.165, 1.54) is 11.8 Å². The lowest BCUT2D eigenvalue weighted by atomic mass is 10.0. The van der Waals surface area contributed by atoms with Gasteiger partial charge in [0.1, 0.15) is 0 Å². The van der Waals surface area contributed by atoms with Crippen molar-refractivity contribution >= 4 is 39.0 Å². The Bertz CT molecular complexity index is 912. The van der Waals surface area contributed by atoms with Crippen LogP contribution in [0.5, 0.6) is 0 Å². The van der Waals surface area contributed by atoms with Crippen LogP contribution in [0, 0.1) is 0 Å². The van der Waals surface area contributed by atoms with Crippen LogP contribution in [-0.2, 0) is 0 Å². The molecule has 0 amide bonds. The van der Waals surface area contributed by atoms with E-state index < -0.39 is 0 Å². The third-order valence-corrected chi connectivity index (χ3v) is 4.65. The average Bonchev–Trinajstić information content (AvgIpc) is 2.60. The first kappa shape index (κ1) is 13.1. The molecule has 1 N–H and O–H groups in total. The van der Waals surface area contributed by atoms with Crippen LogP contribution in [0.1, 0.15) is 10.4 Å². The molecule has 0 atom stereocenters. The van der Waals surface area contributed by atoms with E-state index in [4.69, 9.17) is 0 Å². The fraction of sp³-hybridized carbons (Fsp3) is 0. The molecule has 0 aromatic heterocycles. The molecule has 1 heterocycles. The Morgan fingerprint density at radius 2 is 1.68 bits per heavy atom. The lowest BCUT2D eigenvalue weighted by molar-refractivity contribution is 0.107. The van der Waals surface area contributed by atoms with Crippen molar-refractivity contribution in [3.8, 4) is 0 Å². The molecule has 1 aliphatic rings. The number of carbonyl (C=O) groups excluding carboxylic acids is 1. The molecule has 22 heavy (non-hydrogen) atoms. The molecule has 0 bridgehead atoms. The Morgan fingerprint density at radius 3 is 2.64 bits per heavy atom. The van der Waals surface area contributed by atoms with Gasteiger partial charge in [-0.15, -0.1) is 0 Å². The number of carbonyl (C=O) groups is 1. The summed E-state index contributed by atoms with van der Waals surface area (Å²) in [6, 6.07) is 21.5. The van der Waals surface area contributed by atoms with Gasteiger partial charge in [-0.3, -0.25) is 10.2 Å². The normalized spacial score (nSPS) is 13.2. The summed E-state index contributed by atoms with van der Waals surface area (Å²) in [5.41, 5.74) is 4.58. The maximum absolute atomic E-state index is 12.8. The number of thioether (sulfide) groups is 1. The summed E-state index contributed by atoms with van der Waals surface area (Å²) in [6.45, 7) is 0. The van der Waals surface area contributed by atoms with Gasteiger partial charge < -0.3 is 0 Å². The molecule has 1 aliphatic heterocycles. The zero-order valence-corrected chi connectivity index (χ0v) is 12.4. The van der Waals surface area contributed by atoms with E-state index in [1.54, 1.807) is 0 Å². The molecule has 3 aromatic carbocycles. The van der Waals surface area contributed by atoms with Crippen LogP contribution in [0.3, 0.4) is 0 Å². The molecule has 4 rings (SSSR count). The Hall–Kier alpha value is -2.59. The summed E-state index contributed by atoms with van der Waals surface area (Å²) < 4.78 is 0. The molecule has 0 unspecified atom stereocenters. The summed E-state index contributed by atoms with van der Waals surface area (Å²) in [5, 5.41) is 6.72. The van der Waals surface area contributed by atoms with Gasteiger partial charge in [0.15, 0.2) is 5.04 Å². The van der Waals surface area contributed by atoms with Crippen molar-refractivity contribution in [1.29, 1.82) is 0 Å². The molecule has 0 saturated carbocycles. The van der Waals surface area contributed by atoms with Gasteiger partial charge >= 0.3 is 0 Å². The predicted octanol–water partition coefficient (Wildman–Crippen LogP) is 4.55. The Morgan fingerprint density at radius 1 is 0.909 bits per heavy atom. The van der Waals surface area contributed by atoms with Crippen LogP contribution in [0.4, 0.5) is 5.69 Å². The van der Waals surface area contributed by atoms with E-state index in [0.717, 1.165) is 21.4 Å². The second-order valence-electron chi connectivity index (χ2n) is 4.98. The minimum absolute atomic E-state index is 0.0520. The standard InChI is InChI=1S/C18H12N2OS/c21-17(14-9-5-7-12-6-1-2-8-13(12)14)18-20-19-15-10-3-4-11-16(15)22-18/h1-11,19H. The summed E-state index contributed by atoms with van der Waals surface area (Å²) in [5.74, 6) is -0.0520. The van der Waals surface area contributed by atoms with E-state index >= 15 is 0 Å². The molecule has 0 radical (unpaired) electrons. The zero-order chi connectivity index (χ0) is 14.9. The maximum Gasteiger partial charge on any atom is 0.220 e. The number of fused-ring (bicyclic) bond motifs is 2. The average molecular weight is 304 g/mol. The second kappa shape index (κ2) is 5.31. The SMILES string of the molecule is O=C(C1=NNc2ccccc2S1)c1cccc2ccccc12. The predicted molar refractivity (Wildman–Crippen MR) is 91.6 cm³/mol. The number of hydrogen-bond acceptors (Lipinski definition) is 4. The first-order chi connectivity index (χ1) is 10.8. The number of ketones is 1. The lowest BCUT2D eigenvalue weighted by Crippen LogP contribution is -2.16. The molecule has 4 heteroatoms. The van der Waals surface area contributed by atoms with E-state index in [0.29, 0.717) is 10.6 Å². The third-order valence-electron chi connectivity index (χ3n) is 3.60. The van der Waals surface area contributed by atoms with Crippen molar-refractivity contribution in [3.63, 3.8) is 0 Å². The monoisotopic (exact) mass is 304 g/mol. The van der Waals surface area contributed by atoms with E-state index in [1.807, 2.05) is 66.7 Å². The number of nitrogens with one attached hydrogen (secondary N) is 1. The zero-order valence-electron chi connectivity index (χ0n) is 11.6. The second-order valence-corrected chi connectivity index (χ2v) is 6.01. The summed E-state index contributed by atoms with van der Waals surface area (Å²) in [6.07, 6.45) is 0. The third kappa shape index (κ3) is 2.18. The number of anilines is 1. The number of rotatable bonds is 2. The Kier molecular flexibility index (Phi) is 3.16. The van der Waals surface area contributed by atoms with Gasteiger partial charge in [0.05, 0.1) is 5.69 Å². The number of para-hydroxylation sites is 1. The van der Waals surface area contributed by atoms with E-state index in [-0.39, 0.29) is 5.78 Å². The first-order valence-corrected chi connectivity index (χ1v) is 7.77. The summed E-state index contributed by atoms with van der Waals surface area (Å²) in [7, 11) is 0. The van der Waals surface area contributed by atoms with Crippen LogP contribution >= 0.6 is 11.8 Å². The topological polar surface area (TPSA) is 41.5 Å². The van der Waals surface area contributed by atoms with Gasteiger partial charge in [0.2, 0.25) is 5.78 Å². The Labute approximate surface area is 132 Å². The fourth-order valence-corrected chi connectivity index (χ4v) is 3.39. The Balaban J connectivity index is 1.75.